The average molecular weight is 378 g/mol. The Kier molecular flexibility index (Phi) is 5.10. The smallest absolute Gasteiger partial charge is 0.0595 e. The van der Waals surface area contributed by atoms with E-state index in [1.165, 1.54) is 36.8 Å². The molecule has 0 fully saturated rings. The highest BCUT2D eigenvalue weighted by Crippen LogP contribution is 2.40. The lowest BCUT2D eigenvalue weighted by atomic mass is 9.79. The Bertz CT molecular complexity index is 746. The van der Waals surface area contributed by atoms with Crippen molar-refractivity contribution in [3.05, 3.63) is 68.7 Å². The fourth-order valence-corrected chi connectivity index (χ4v) is 5.29. The molecule has 0 saturated carbocycles. The van der Waals surface area contributed by atoms with Gasteiger partial charge < -0.3 is 0 Å². The summed E-state index contributed by atoms with van der Waals surface area (Å²) in [4.78, 5) is 0. The standard InChI is InChI=1S/C20H21Cl2NS/c21-18-8-7-14(11-19(18)22)13-24-23-10-9-16-5-1-3-15-4-2-6-17(12-23)20(15)16/h2,4,6-8,11,16H,1,3,5,9-10,12-13H2. The Morgan fingerprint density at radius 2 is 1.92 bits per heavy atom. The lowest BCUT2D eigenvalue weighted by Gasteiger charge is -2.25. The Hall–Kier alpha value is -0.670. The summed E-state index contributed by atoms with van der Waals surface area (Å²) in [5, 5.41) is 1.27. The molecular weight excluding hydrogens is 357 g/mol. The first kappa shape index (κ1) is 16.8. The third-order valence-corrected chi connectivity index (χ3v) is 7.04. The summed E-state index contributed by atoms with van der Waals surface area (Å²) < 4.78 is 2.52. The first-order valence-corrected chi connectivity index (χ1v) is 10.3. The zero-order chi connectivity index (χ0) is 16.5. The number of benzene rings is 2. The Balaban J connectivity index is 1.49. The van der Waals surface area contributed by atoms with Crippen LogP contribution in [-0.2, 0) is 18.7 Å². The highest BCUT2D eigenvalue weighted by molar-refractivity contribution is 7.96. The largest absolute Gasteiger partial charge is 0.246 e. The molecule has 0 saturated heterocycles. The summed E-state index contributed by atoms with van der Waals surface area (Å²) in [5.41, 5.74) is 6.03. The molecule has 24 heavy (non-hydrogen) atoms. The summed E-state index contributed by atoms with van der Waals surface area (Å²) in [7, 11) is 0. The van der Waals surface area contributed by atoms with Crippen LogP contribution in [0.2, 0.25) is 10.0 Å². The van der Waals surface area contributed by atoms with Gasteiger partial charge in [-0.2, -0.15) is 0 Å². The zero-order valence-corrected chi connectivity index (χ0v) is 15.9. The van der Waals surface area contributed by atoms with Crippen LogP contribution < -0.4 is 0 Å². The van der Waals surface area contributed by atoms with Crippen molar-refractivity contribution in [1.82, 2.24) is 4.31 Å². The fourth-order valence-electron chi connectivity index (χ4n) is 3.99. The molecule has 0 radical (unpaired) electrons. The van der Waals surface area contributed by atoms with Gasteiger partial charge in [0.2, 0.25) is 0 Å². The van der Waals surface area contributed by atoms with Crippen LogP contribution in [0.4, 0.5) is 0 Å². The van der Waals surface area contributed by atoms with Gasteiger partial charge in [0.05, 0.1) is 10.0 Å². The minimum Gasteiger partial charge on any atom is -0.246 e. The summed E-state index contributed by atoms with van der Waals surface area (Å²) in [6, 6.07) is 12.9. The molecule has 1 atom stereocenters. The van der Waals surface area contributed by atoms with Crippen LogP contribution in [0.3, 0.4) is 0 Å². The van der Waals surface area contributed by atoms with Crippen molar-refractivity contribution in [2.75, 3.05) is 6.54 Å². The van der Waals surface area contributed by atoms with E-state index in [2.05, 4.69) is 28.6 Å². The molecule has 0 spiro atoms. The molecule has 1 aliphatic heterocycles. The lowest BCUT2D eigenvalue weighted by Crippen LogP contribution is -2.15. The molecule has 1 unspecified atom stereocenters. The zero-order valence-electron chi connectivity index (χ0n) is 13.6. The third kappa shape index (κ3) is 3.48. The molecule has 4 rings (SSSR count). The highest BCUT2D eigenvalue weighted by Gasteiger charge is 2.27. The van der Waals surface area contributed by atoms with E-state index in [0.717, 1.165) is 24.8 Å². The Morgan fingerprint density at radius 3 is 2.79 bits per heavy atom. The Labute approximate surface area is 158 Å². The second kappa shape index (κ2) is 7.29. The molecular formula is C20H21Cl2NS. The number of aryl methyl sites for hydroxylation is 1. The van der Waals surface area contributed by atoms with E-state index in [4.69, 9.17) is 23.2 Å². The van der Waals surface area contributed by atoms with E-state index in [1.54, 1.807) is 11.1 Å². The maximum absolute atomic E-state index is 6.14. The molecule has 2 aliphatic rings. The van der Waals surface area contributed by atoms with Crippen LogP contribution in [-0.4, -0.2) is 10.8 Å². The van der Waals surface area contributed by atoms with Crippen molar-refractivity contribution in [2.24, 2.45) is 0 Å². The predicted octanol–water partition coefficient (Wildman–Crippen LogP) is 6.47. The van der Waals surface area contributed by atoms with Gasteiger partial charge in [0, 0.05) is 18.8 Å². The molecule has 2 aromatic carbocycles. The van der Waals surface area contributed by atoms with Crippen LogP contribution in [0.1, 0.15) is 47.4 Å². The van der Waals surface area contributed by atoms with Crippen molar-refractivity contribution < 1.29 is 0 Å². The molecule has 2 aromatic rings. The molecule has 126 valence electrons. The van der Waals surface area contributed by atoms with Gasteiger partial charge in [0.1, 0.15) is 0 Å². The van der Waals surface area contributed by atoms with Crippen molar-refractivity contribution >= 4 is 35.1 Å². The highest BCUT2D eigenvalue weighted by atomic mass is 35.5. The van der Waals surface area contributed by atoms with Gasteiger partial charge in [-0.05, 0) is 66.0 Å². The first-order valence-electron chi connectivity index (χ1n) is 8.63. The van der Waals surface area contributed by atoms with Gasteiger partial charge in [-0.15, -0.1) is 0 Å². The first-order chi connectivity index (χ1) is 11.7. The maximum Gasteiger partial charge on any atom is 0.0595 e. The van der Waals surface area contributed by atoms with Crippen LogP contribution in [0.15, 0.2) is 36.4 Å². The monoisotopic (exact) mass is 377 g/mol. The van der Waals surface area contributed by atoms with Gasteiger partial charge in [0.25, 0.3) is 0 Å². The average Bonchev–Trinajstić information content (AvgIpc) is 2.78. The van der Waals surface area contributed by atoms with Gasteiger partial charge in [0.15, 0.2) is 0 Å². The fraction of sp³-hybridized carbons (Fsp3) is 0.400. The predicted molar refractivity (Wildman–Crippen MR) is 105 cm³/mol. The van der Waals surface area contributed by atoms with E-state index in [9.17, 15) is 0 Å². The van der Waals surface area contributed by atoms with Crippen molar-refractivity contribution in [3.8, 4) is 0 Å². The van der Waals surface area contributed by atoms with Crippen LogP contribution >= 0.6 is 35.1 Å². The van der Waals surface area contributed by atoms with Gasteiger partial charge >= 0.3 is 0 Å². The molecule has 1 heterocycles. The third-order valence-electron chi connectivity index (χ3n) is 5.17. The van der Waals surface area contributed by atoms with E-state index in [-0.39, 0.29) is 0 Å². The summed E-state index contributed by atoms with van der Waals surface area (Å²) in [6.07, 6.45) is 5.24. The van der Waals surface area contributed by atoms with Crippen LogP contribution in [0.25, 0.3) is 0 Å². The topological polar surface area (TPSA) is 3.24 Å². The van der Waals surface area contributed by atoms with E-state index in [1.807, 2.05) is 24.1 Å². The van der Waals surface area contributed by atoms with Gasteiger partial charge in [-0.25, -0.2) is 4.31 Å². The summed E-state index contributed by atoms with van der Waals surface area (Å²) in [5.74, 6) is 1.71. The second-order valence-corrected chi connectivity index (χ2v) is 8.63. The van der Waals surface area contributed by atoms with Crippen LogP contribution in [0.5, 0.6) is 0 Å². The molecule has 1 nitrogen and oxygen atoms in total. The normalized spacial score (nSPS) is 20.5. The number of nitrogens with zero attached hydrogens (tertiary/aromatic N) is 1. The molecule has 0 amide bonds. The van der Waals surface area contributed by atoms with Crippen molar-refractivity contribution in [3.63, 3.8) is 0 Å². The van der Waals surface area contributed by atoms with E-state index < -0.39 is 0 Å². The Morgan fingerprint density at radius 1 is 1.04 bits per heavy atom. The van der Waals surface area contributed by atoms with E-state index in [0.29, 0.717) is 10.0 Å². The second-order valence-electron chi connectivity index (χ2n) is 6.75. The minimum absolute atomic E-state index is 0.628. The minimum atomic E-state index is 0.628. The quantitative estimate of drug-likeness (QED) is 0.563. The summed E-state index contributed by atoms with van der Waals surface area (Å²) in [6.45, 7) is 2.20. The molecule has 4 heteroatoms. The molecule has 0 N–H and O–H groups in total. The molecule has 1 aliphatic carbocycles. The number of hydrogen-bond donors (Lipinski definition) is 0. The van der Waals surface area contributed by atoms with E-state index >= 15 is 0 Å². The number of hydrogen-bond acceptors (Lipinski definition) is 2. The molecule has 0 aromatic heterocycles. The molecule has 0 bridgehead atoms. The van der Waals surface area contributed by atoms with Crippen molar-refractivity contribution in [2.45, 2.75) is 43.9 Å². The number of rotatable bonds is 3. The SMILES string of the molecule is Clc1ccc(CSN2CCC3CCCc4cccc(c43)C2)cc1Cl. The van der Waals surface area contributed by atoms with Gasteiger partial charge in [-0.3, -0.25) is 0 Å². The van der Waals surface area contributed by atoms with Crippen molar-refractivity contribution in [1.29, 1.82) is 0 Å². The number of halogens is 2. The lowest BCUT2D eigenvalue weighted by molar-refractivity contribution is 0.437. The van der Waals surface area contributed by atoms with Crippen LogP contribution in [0, 0.1) is 0 Å². The maximum atomic E-state index is 6.14. The summed E-state index contributed by atoms with van der Waals surface area (Å²) >= 11 is 14.1. The van der Waals surface area contributed by atoms with Gasteiger partial charge in [-0.1, -0.05) is 59.4 Å².